The molecule has 2 heterocycles. The van der Waals surface area contributed by atoms with Gasteiger partial charge in [-0.15, -0.1) is 0 Å². The van der Waals surface area contributed by atoms with E-state index in [1.807, 2.05) is 0 Å². The molecule has 3 unspecified atom stereocenters. The molecule has 11 heteroatoms. The van der Waals surface area contributed by atoms with E-state index in [-0.39, 0.29) is 30.9 Å². The molecule has 0 bridgehead atoms. The van der Waals surface area contributed by atoms with Crippen LogP contribution in [-0.2, 0) is 32.6 Å². The highest BCUT2D eigenvalue weighted by Crippen LogP contribution is 2.48. The van der Waals surface area contributed by atoms with Gasteiger partial charge in [-0.25, -0.2) is 0 Å². The Labute approximate surface area is 147 Å². The topological polar surface area (TPSA) is 72.5 Å². The fourth-order valence-corrected chi connectivity index (χ4v) is 4.11. The molecular formula is C13H23B3O7P. The van der Waals surface area contributed by atoms with Gasteiger partial charge in [-0.05, 0) is 12.8 Å². The number of hydrogen-bond donors (Lipinski definition) is 0. The van der Waals surface area contributed by atoms with Crippen molar-refractivity contribution in [1.82, 2.24) is 0 Å². The molecule has 2 fully saturated rings. The van der Waals surface area contributed by atoms with Crippen molar-refractivity contribution in [1.29, 1.82) is 0 Å². The second-order valence-electron chi connectivity index (χ2n) is 6.03. The second-order valence-corrected chi connectivity index (χ2v) is 8.04. The minimum absolute atomic E-state index is 0.0885. The largest absolute Gasteiger partial charge is 0.382 e. The summed E-state index contributed by atoms with van der Waals surface area (Å²) in [5, 5.41) is 0. The maximum atomic E-state index is 12.6. The number of ether oxygens (including phenoxy) is 4. The Balaban J connectivity index is 1.85. The summed E-state index contributed by atoms with van der Waals surface area (Å²) in [6.45, 7) is 1.82. The third-order valence-electron chi connectivity index (χ3n) is 4.11. The van der Waals surface area contributed by atoms with Crippen molar-refractivity contribution in [2.75, 3.05) is 34.1 Å². The quantitative estimate of drug-likeness (QED) is 0.428. The Bertz CT molecular complexity index is 444. The fraction of sp³-hybridized carbons (Fsp3) is 1.00. The molecule has 2 aliphatic heterocycles. The standard InChI is InChI=1S/C13H23B3O7P/c1-18-6-10-9(4-12(14)21-10)23-24(3,17)20-7-11-8(19-2)5-13(16-15)22-11/h8-13H,4-7H2,1-3H3/t8?,9?,10-,11-,12-,13-,24?/m1/s1. The maximum absolute atomic E-state index is 12.6. The molecule has 7 atom stereocenters. The van der Waals surface area contributed by atoms with Crippen LogP contribution in [0.25, 0.3) is 0 Å². The van der Waals surface area contributed by atoms with Crippen molar-refractivity contribution < 1.29 is 32.6 Å². The summed E-state index contributed by atoms with van der Waals surface area (Å²) < 4.78 is 45.3. The first-order valence-electron chi connectivity index (χ1n) is 7.92. The van der Waals surface area contributed by atoms with Gasteiger partial charge in [0.1, 0.15) is 20.1 Å². The molecule has 7 nitrogen and oxygen atoms in total. The molecule has 5 radical (unpaired) electrons. The monoisotopic (exact) mass is 355 g/mol. The van der Waals surface area contributed by atoms with Crippen LogP contribution in [0.5, 0.6) is 0 Å². The van der Waals surface area contributed by atoms with E-state index < -0.39 is 19.7 Å². The molecule has 24 heavy (non-hydrogen) atoms. The van der Waals surface area contributed by atoms with Crippen LogP contribution in [0.2, 0.25) is 0 Å². The zero-order chi connectivity index (χ0) is 17.7. The average Bonchev–Trinajstić information content (AvgIpc) is 3.08. The van der Waals surface area contributed by atoms with Crippen LogP contribution in [0, 0.1) is 0 Å². The lowest BCUT2D eigenvalue weighted by Gasteiger charge is -2.24. The molecule has 0 aliphatic carbocycles. The van der Waals surface area contributed by atoms with Crippen molar-refractivity contribution in [2.24, 2.45) is 0 Å². The highest BCUT2D eigenvalue weighted by molar-refractivity contribution is 7.53. The van der Waals surface area contributed by atoms with Gasteiger partial charge in [0.25, 0.3) is 0 Å². The van der Waals surface area contributed by atoms with Crippen LogP contribution in [0.3, 0.4) is 0 Å². The van der Waals surface area contributed by atoms with Crippen LogP contribution in [0.4, 0.5) is 0 Å². The van der Waals surface area contributed by atoms with Crippen LogP contribution >= 0.6 is 7.60 Å². The fourth-order valence-electron chi connectivity index (χ4n) is 2.92. The Kier molecular flexibility index (Phi) is 7.87. The number of methoxy groups -OCH3 is 2. The van der Waals surface area contributed by atoms with E-state index in [1.54, 1.807) is 14.2 Å². The lowest BCUT2D eigenvalue weighted by molar-refractivity contribution is -0.0286. The Morgan fingerprint density at radius 2 is 1.88 bits per heavy atom. The summed E-state index contributed by atoms with van der Waals surface area (Å²) in [6, 6.07) is -0.667. The van der Waals surface area contributed by atoms with Gasteiger partial charge >= 0.3 is 7.60 Å². The van der Waals surface area contributed by atoms with Gasteiger partial charge in [-0.1, -0.05) is 0 Å². The maximum Gasteiger partial charge on any atom is 0.328 e. The van der Waals surface area contributed by atoms with E-state index in [9.17, 15) is 4.57 Å². The van der Waals surface area contributed by atoms with Gasteiger partial charge in [-0.2, -0.15) is 0 Å². The summed E-state index contributed by atoms with van der Waals surface area (Å²) >= 11 is 0. The highest BCUT2D eigenvalue weighted by Gasteiger charge is 2.39. The molecule has 0 aromatic carbocycles. The Morgan fingerprint density at radius 3 is 2.50 bits per heavy atom. The van der Waals surface area contributed by atoms with Gasteiger partial charge in [-0.3, -0.25) is 4.57 Å². The predicted octanol–water partition coefficient (Wildman–Crippen LogP) is 0.0587. The molecule has 0 aromatic rings. The third-order valence-corrected chi connectivity index (χ3v) is 5.38. The van der Waals surface area contributed by atoms with Crippen LogP contribution in [-0.4, -0.2) is 93.3 Å². The highest BCUT2D eigenvalue weighted by atomic mass is 31.2. The summed E-state index contributed by atoms with van der Waals surface area (Å²) in [5.74, 6) is 0. The molecule has 131 valence electrons. The van der Waals surface area contributed by atoms with Crippen LogP contribution < -0.4 is 0 Å². The Hall–Kier alpha value is 0.185. The summed E-state index contributed by atoms with van der Waals surface area (Å²) in [4.78, 5) is 0. The molecule has 0 N–H and O–H groups in total. The number of hydrogen-bond acceptors (Lipinski definition) is 7. The molecule has 0 saturated carbocycles. The second kappa shape index (κ2) is 9.22. The first-order chi connectivity index (χ1) is 11.4. The van der Waals surface area contributed by atoms with Crippen LogP contribution in [0.15, 0.2) is 0 Å². The van der Waals surface area contributed by atoms with Crippen molar-refractivity contribution in [3.63, 3.8) is 0 Å². The van der Waals surface area contributed by atoms with Gasteiger partial charge in [0.2, 0.25) is 0 Å². The van der Waals surface area contributed by atoms with Gasteiger partial charge in [0.05, 0.1) is 32.6 Å². The molecule has 0 amide bonds. The zero-order valence-electron chi connectivity index (χ0n) is 14.3. The van der Waals surface area contributed by atoms with E-state index >= 15 is 0 Å². The summed E-state index contributed by atoms with van der Waals surface area (Å²) in [7, 11) is 12.6. The van der Waals surface area contributed by atoms with E-state index in [2.05, 4.69) is 0 Å². The molecule has 0 spiro atoms. The van der Waals surface area contributed by atoms with Crippen LogP contribution in [0.1, 0.15) is 12.8 Å². The van der Waals surface area contributed by atoms with Gasteiger partial charge < -0.3 is 28.0 Å². The van der Waals surface area contributed by atoms with Crippen molar-refractivity contribution in [2.45, 2.75) is 49.3 Å². The lowest BCUT2D eigenvalue weighted by Crippen LogP contribution is -2.30. The summed E-state index contributed by atoms with van der Waals surface area (Å²) in [6.07, 6.45) is -0.263. The molecule has 0 aromatic heterocycles. The molecule has 2 aliphatic rings. The third kappa shape index (κ3) is 5.59. The van der Waals surface area contributed by atoms with E-state index in [0.29, 0.717) is 19.4 Å². The van der Waals surface area contributed by atoms with Crippen molar-refractivity contribution in [3.05, 3.63) is 0 Å². The minimum Gasteiger partial charge on any atom is -0.382 e. The van der Waals surface area contributed by atoms with E-state index in [4.69, 9.17) is 43.6 Å². The first-order valence-corrected chi connectivity index (χ1v) is 9.91. The lowest BCUT2D eigenvalue weighted by atomic mass is 9.51. The molecule has 2 rings (SSSR count). The van der Waals surface area contributed by atoms with Crippen molar-refractivity contribution >= 4 is 30.3 Å². The first kappa shape index (κ1) is 20.5. The predicted molar refractivity (Wildman–Crippen MR) is 90.8 cm³/mol. The zero-order valence-corrected chi connectivity index (χ0v) is 15.2. The smallest absolute Gasteiger partial charge is 0.328 e. The van der Waals surface area contributed by atoms with Gasteiger partial charge in [0, 0.05) is 40.6 Å². The minimum atomic E-state index is -3.32. The normalized spacial score (nSPS) is 39.0. The molecule has 2 saturated heterocycles. The summed E-state index contributed by atoms with van der Waals surface area (Å²) in [5.41, 5.74) is 0. The van der Waals surface area contributed by atoms with Crippen molar-refractivity contribution in [3.8, 4) is 0 Å². The molecular weight excluding hydrogens is 332 g/mol. The average molecular weight is 355 g/mol. The Morgan fingerprint density at radius 1 is 1.17 bits per heavy atom. The van der Waals surface area contributed by atoms with Gasteiger partial charge in [0.15, 0.2) is 0 Å². The number of rotatable bonds is 9. The van der Waals surface area contributed by atoms with E-state index in [0.717, 1.165) is 0 Å². The SMILES string of the molecule is [B][B][C@H]1CC(OC)[C@@H](COP(C)(=O)OC2C[C@H]([B])O[C@@H]2COC)O1. The van der Waals surface area contributed by atoms with E-state index in [1.165, 1.54) is 13.8 Å².